The van der Waals surface area contributed by atoms with E-state index in [2.05, 4.69) is 9.97 Å². The van der Waals surface area contributed by atoms with Crippen LogP contribution < -0.4 is 4.98 Å². The van der Waals surface area contributed by atoms with E-state index in [-0.39, 0.29) is 38.3 Å². The Balaban J connectivity index is 0.00000128. The Morgan fingerprint density at radius 1 is 1.38 bits per heavy atom. The SMILES string of the molecule is O=C(c1c[n-]c2ncccc12)C(Cl)(Cl)Cl.[Y]. The molecule has 0 fully saturated rings. The van der Waals surface area contributed by atoms with Gasteiger partial charge in [0.15, 0.2) is 0 Å². The number of alkyl halides is 3. The molecule has 0 unspecified atom stereocenters. The van der Waals surface area contributed by atoms with Gasteiger partial charge in [0.1, 0.15) is 0 Å². The van der Waals surface area contributed by atoms with Gasteiger partial charge in [0, 0.05) is 38.3 Å². The Hall–Kier alpha value is 0.334. The van der Waals surface area contributed by atoms with Crippen molar-refractivity contribution < 1.29 is 37.5 Å². The molecule has 2 rings (SSSR count). The van der Waals surface area contributed by atoms with E-state index in [9.17, 15) is 4.79 Å². The number of carbonyl (C=O) groups is 1. The Morgan fingerprint density at radius 2 is 2.06 bits per heavy atom. The Labute approximate surface area is 132 Å². The van der Waals surface area contributed by atoms with Gasteiger partial charge in [0.25, 0.3) is 3.79 Å². The van der Waals surface area contributed by atoms with Crippen molar-refractivity contribution in [1.82, 2.24) is 9.97 Å². The molecule has 1 radical (unpaired) electrons. The zero-order valence-corrected chi connectivity index (χ0v) is 12.9. The van der Waals surface area contributed by atoms with E-state index in [1.165, 1.54) is 6.20 Å². The maximum Gasteiger partial charge on any atom is 0.253 e. The van der Waals surface area contributed by atoms with Crippen LogP contribution in [-0.2, 0) is 32.7 Å². The van der Waals surface area contributed by atoms with Gasteiger partial charge in [-0.15, -0.1) is 0 Å². The molecule has 3 nitrogen and oxygen atoms in total. The fourth-order valence-electron chi connectivity index (χ4n) is 1.24. The number of rotatable bonds is 1. The van der Waals surface area contributed by atoms with Crippen molar-refractivity contribution in [3.8, 4) is 0 Å². The summed E-state index contributed by atoms with van der Waals surface area (Å²) in [5.41, 5.74) is 0.744. The standard InChI is InChI=1S/C9H5Cl3N2O.Y/c10-9(11,12)7(15)6-4-14-8-5(6)2-1-3-13-8;/h1-4H,(H,13,14,15);/p-1. The Bertz CT molecular complexity index is 521. The molecule has 0 amide bonds. The largest absolute Gasteiger partial charge is 0.442 e. The number of Topliss-reactive ketones (excluding diaryl/α,β-unsaturated/α-hetero) is 1. The first kappa shape index (κ1) is 14.4. The minimum atomic E-state index is -1.96. The number of fused-ring (bicyclic) bond motifs is 1. The van der Waals surface area contributed by atoms with Crippen LogP contribution in [0.25, 0.3) is 11.0 Å². The topological polar surface area (TPSA) is 44.1 Å². The van der Waals surface area contributed by atoms with Gasteiger partial charge in [-0.3, -0.25) is 4.79 Å². The molecule has 2 aromatic rings. The maximum absolute atomic E-state index is 11.7. The summed E-state index contributed by atoms with van der Waals surface area (Å²) in [5.74, 6) is -0.594. The van der Waals surface area contributed by atoms with E-state index in [1.807, 2.05) is 0 Å². The monoisotopic (exact) mass is 350 g/mol. The van der Waals surface area contributed by atoms with E-state index >= 15 is 0 Å². The van der Waals surface area contributed by atoms with E-state index in [0.717, 1.165) is 0 Å². The second-order valence-corrected chi connectivity index (χ2v) is 5.15. The van der Waals surface area contributed by atoms with Crippen molar-refractivity contribution in [3.05, 3.63) is 30.1 Å². The molecule has 0 aliphatic carbocycles. The van der Waals surface area contributed by atoms with Crippen LogP contribution in [0.15, 0.2) is 24.5 Å². The van der Waals surface area contributed by atoms with Gasteiger partial charge in [-0.2, -0.15) is 0 Å². The van der Waals surface area contributed by atoms with Gasteiger partial charge in [-0.05, 0) is 5.39 Å². The fraction of sp³-hybridized carbons (Fsp3) is 0.111. The quantitative estimate of drug-likeness (QED) is 0.586. The molecular weight excluding hydrogens is 347 g/mol. The van der Waals surface area contributed by atoms with Crippen molar-refractivity contribution in [1.29, 1.82) is 0 Å². The molecule has 7 heteroatoms. The smallest absolute Gasteiger partial charge is 0.253 e. The second kappa shape index (κ2) is 5.32. The maximum atomic E-state index is 11.7. The predicted octanol–water partition coefficient (Wildman–Crippen LogP) is 2.74. The number of carbonyl (C=O) groups excluding carboxylic acids is 1. The number of aromatic nitrogens is 2. The van der Waals surface area contributed by atoms with Gasteiger partial charge >= 0.3 is 0 Å². The first-order valence-corrected chi connectivity index (χ1v) is 5.11. The number of hydrogen-bond donors (Lipinski definition) is 0. The average Bonchev–Trinajstić information content (AvgIpc) is 2.58. The van der Waals surface area contributed by atoms with Crippen molar-refractivity contribution in [2.45, 2.75) is 3.79 Å². The van der Waals surface area contributed by atoms with Crippen LogP contribution in [0.3, 0.4) is 0 Å². The van der Waals surface area contributed by atoms with Gasteiger partial charge in [0.05, 0.1) is 0 Å². The van der Waals surface area contributed by atoms with Gasteiger partial charge in [-0.25, -0.2) is 0 Å². The molecular formula is C9H4Cl3N2OY-. The number of halogens is 3. The summed E-state index contributed by atoms with van der Waals surface area (Å²) >= 11 is 16.5. The van der Waals surface area contributed by atoms with Crippen LogP contribution in [0.5, 0.6) is 0 Å². The normalized spacial score (nSPS) is 11.2. The van der Waals surface area contributed by atoms with E-state index < -0.39 is 9.58 Å². The van der Waals surface area contributed by atoms with Crippen LogP contribution >= 0.6 is 34.8 Å². The molecule has 0 aliphatic heterocycles. The molecule has 0 saturated heterocycles. The number of nitrogens with zero attached hydrogens (tertiary/aromatic N) is 2. The average molecular weight is 351 g/mol. The van der Waals surface area contributed by atoms with E-state index in [4.69, 9.17) is 34.8 Å². The summed E-state index contributed by atoms with van der Waals surface area (Å²) in [6.07, 6.45) is 2.95. The second-order valence-electron chi connectivity index (χ2n) is 2.87. The van der Waals surface area contributed by atoms with Crippen molar-refractivity contribution >= 4 is 51.6 Å². The molecule has 2 aromatic heterocycles. The van der Waals surface area contributed by atoms with Crippen molar-refractivity contribution in [2.24, 2.45) is 0 Å². The number of pyridine rings is 1. The summed E-state index contributed by atoms with van der Waals surface area (Å²) in [6, 6.07) is 3.40. The predicted molar refractivity (Wildman–Crippen MR) is 59.7 cm³/mol. The molecule has 0 N–H and O–H groups in total. The van der Waals surface area contributed by atoms with Gasteiger partial charge in [0.2, 0.25) is 5.78 Å². The van der Waals surface area contributed by atoms with Crippen LogP contribution in [0.2, 0.25) is 0 Å². The summed E-state index contributed by atoms with van der Waals surface area (Å²) in [4.78, 5) is 19.6. The number of ketones is 1. The zero-order valence-electron chi connectivity index (χ0n) is 7.82. The number of hydrogen-bond acceptors (Lipinski definition) is 2. The Morgan fingerprint density at radius 3 is 2.69 bits per heavy atom. The third kappa shape index (κ3) is 2.77. The van der Waals surface area contributed by atoms with Crippen LogP contribution in [-0.4, -0.2) is 14.6 Å². The molecule has 0 atom stereocenters. The molecule has 0 bridgehead atoms. The Kier molecular flexibility index (Phi) is 4.79. The molecule has 2 heterocycles. The third-order valence-electron chi connectivity index (χ3n) is 1.89. The van der Waals surface area contributed by atoms with Crippen LogP contribution in [0.4, 0.5) is 0 Å². The minimum Gasteiger partial charge on any atom is -0.442 e. The molecule has 16 heavy (non-hydrogen) atoms. The summed E-state index contributed by atoms with van der Waals surface area (Å²) in [6.45, 7) is 0. The summed E-state index contributed by atoms with van der Waals surface area (Å²) < 4.78 is -1.96. The van der Waals surface area contributed by atoms with E-state index in [1.54, 1.807) is 18.3 Å². The van der Waals surface area contributed by atoms with Crippen LogP contribution in [0.1, 0.15) is 10.4 Å². The van der Waals surface area contributed by atoms with Crippen molar-refractivity contribution in [3.63, 3.8) is 0 Å². The zero-order chi connectivity index (χ0) is 11.1. The molecule has 81 valence electrons. The summed E-state index contributed by atoms with van der Waals surface area (Å²) in [5, 5.41) is 0.592. The molecule has 0 aliphatic rings. The minimum absolute atomic E-state index is 0. The third-order valence-corrected chi connectivity index (χ3v) is 2.41. The first-order chi connectivity index (χ1) is 7.00. The molecule has 0 spiro atoms. The van der Waals surface area contributed by atoms with Crippen molar-refractivity contribution in [2.75, 3.05) is 0 Å². The fourth-order valence-corrected chi connectivity index (χ4v) is 1.54. The van der Waals surface area contributed by atoms with Gasteiger partial charge < -0.3 is 9.97 Å². The van der Waals surface area contributed by atoms with E-state index in [0.29, 0.717) is 11.0 Å². The molecule has 0 saturated carbocycles. The van der Waals surface area contributed by atoms with Crippen LogP contribution in [0, 0.1) is 0 Å². The summed E-state index contributed by atoms with van der Waals surface area (Å²) in [7, 11) is 0. The molecule has 0 aromatic carbocycles. The van der Waals surface area contributed by atoms with Gasteiger partial charge in [-0.1, -0.05) is 65.0 Å². The first-order valence-electron chi connectivity index (χ1n) is 3.98.